The molecule has 0 saturated carbocycles. The maximum atomic E-state index is 6.45. The lowest BCUT2D eigenvalue weighted by Gasteiger charge is -2.32. The van der Waals surface area contributed by atoms with Gasteiger partial charge in [-0.25, -0.2) is 0 Å². The molecule has 0 aliphatic carbocycles. The number of para-hydroxylation sites is 2. The maximum absolute atomic E-state index is 6.45. The van der Waals surface area contributed by atoms with Crippen LogP contribution in [-0.4, -0.2) is 43.7 Å². The van der Waals surface area contributed by atoms with E-state index in [1.165, 1.54) is 48.4 Å². The molecule has 2 fully saturated rings. The van der Waals surface area contributed by atoms with Gasteiger partial charge in [0.1, 0.15) is 12.4 Å². The topological polar surface area (TPSA) is 19.0 Å². The lowest BCUT2D eigenvalue weighted by Crippen LogP contribution is -2.35. The molecule has 0 aromatic heterocycles. The van der Waals surface area contributed by atoms with Crippen LogP contribution >= 0.6 is 11.6 Å². The zero-order chi connectivity index (χ0) is 22.9. The van der Waals surface area contributed by atoms with Gasteiger partial charge in [0.25, 0.3) is 0 Å². The minimum Gasteiger partial charge on any atom is -0.487 e. The SMILES string of the molecule is Clc1ccc2c(c1)N(C1CCN(CCc3cccc(N4CCCC4)c3)C1)c1ccccc1OC2. The van der Waals surface area contributed by atoms with E-state index >= 15 is 0 Å². The molecule has 0 radical (unpaired) electrons. The number of hydrogen-bond donors (Lipinski definition) is 0. The van der Waals surface area contributed by atoms with E-state index in [4.69, 9.17) is 16.3 Å². The van der Waals surface area contributed by atoms with E-state index in [9.17, 15) is 0 Å². The molecule has 3 aliphatic rings. The minimum atomic E-state index is 0.399. The van der Waals surface area contributed by atoms with Crippen molar-refractivity contribution >= 4 is 28.7 Å². The first-order valence-corrected chi connectivity index (χ1v) is 13.0. The predicted molar refractivity (Wildman–Crippen MR) is 141 cm³/mol. The number of hydrogen-bond acceptors (Lipinski definition) is 4. The highest BCUT2D eigenvalue weighted by atomic mass is 35.5. The van der Waals surface area contributed by atoms with Crippen molar-refractivity contribution in [3.05, 3.63) is 82.9 Å². The average Bonchev–Trinajstić information content (AvgIpc) is 3.54. The molecule has 1 atom stereocenters. The molecule has 0 spiro atoms. The van der Waals surface area contributed by atoms with Gasteiger partial charge in [-0.15, -0.1) is 0 Å². The van der Waals surface area contributed by atoms with Crippen molar-refractivity contribution in [2.75, 3.05) is 42.5 Å². The molecule has 3 aromatic carbocycles. The Morgan fingerprint density at radius 1 is 0.882 bits per heavy atom. The van der Waals surface area contributed by atoms with Gasteiger partial charge in [0.2, 0.25) is 0 Å². The van der Waals surface area contributed by atoms with E-state index in [0.717, 1.165) is 48.9 Å². The van der Waals surface area contributed by atoms with Crippen LogP contribution in [0.3, 0.4) is 0 Å². The molecule has 176 valence electrons. The summed E-state index contributed by atoms with van der Waals surface area (Å²) in [7, 11) is 0. The smallest absolute Gasteiger partial charge is 0.143 e. The van der Waals surface area contributed by atoms with Crippen LogP contribution in [0.25, 0.3) is 0 Å². The molecule has 1 unspecified atom stereocenters. The molecular weight excluding hydrogens is 442 g/mol. The van der Waals surface area contributed by atoms with Crippen LogP contribution in [-0.2, 0) is 13.0 Å². The summed E-state index contributed by atoms with van der Waals surface area (Å²) in [6, 6.07) is 24.2. The molecular formula is C29H32ClN3O. The molecule has 3 aromatic rings. The van der Waals surface area contributed by atoms with E-state index in [2.05, 4.69) is 75.4 Å². The number of likely N-dealkylation sites (tertiary alicyclic amines) is 1. The standard InChI is InChI=1S/C29H32ClN3O/c30-24-11-10-23-21-34-29-9-2-1-8-27(29)33(28(23)19-24)26-13-17-31(20-26)16-12-22-6-5-7-25(18-22)32-14-3-4-15-32/h1-2,5-11,18-19,26H,3-4,12-17,20-21H2. The third-order valence-corrected chi connectivity index (χ3v) is 7.76. The summed E-state index contributed by atoms with van der Waals surface area (Å²) in [5.74, 6) is 0.951. The number of ether oxygens (including phenoxy) is 1. The molecule has 4 nitrogen and oxygen atoms in total. The Morgan fingerprint density at radius 2 is 1.76 bits per heavy atom. The molecule has 34 heavy (non-hydrogen) atoms. The largest absolute Gasteiger partial charge is 0.487 e. The molecule has 3 heterocycles. The molecule has 6 rings (SSSR count). The molecule has 0 bridgehead atoms. The van der Waals surface area contributed by atoms with Crippen LogP contribution in [0.2, 0.25) is 5.02 Å². The molecule has 2 saturated heterocycles. The van der Waals surface area contributed by atoms with E-state index in [0.29, 0.717) is 12.6 Å². The van der Waals surface area contributed by atoms with Crippen LogP contribution in [0.15, 0.2) is 66.7 Å². The lowest BCUT2D eigenvalue weighted by atomic mass is 10.1. The summed E-state index contributed by atoms with van der Waals surface area (Å²) in [6.07, 6.45) is 4.86. The van der Waals surface area contributed by atoms with Gasteiger partial charge in [0.05, 0.1) is 5.69 Å². The lowest BCUT2D eigenvalue weighted by molar-refractivity contribution is 0.310. The Hall–Kier alpha value is -2.69. The number of rotatable bonds is 5. The number of fused-ring (bicyclic) bond motifs is 2. The average molecular weight is 474 g/mol. The van der Waals surface area contributed by atoms with Crippen molar-refractivity contribution in [2.24, 2.45) is 0 Å². The van der Waals surface area contributed by atoms with Gasteiger partial charge < -0.3 is 19.4 Å². The number of benzene rings is 3. The number of anilines is 3. The van der Waals surface area contributed by atoms with E-state index in [1.54, 1.807) is 0 Å². The second-order valence-electron chi connectivity index (χ2n) is 9.76. The molecule has 5 heteroatoms. The Kier molecular flexibility index (Phi) is 6.11. The number of halogens is 1. The van der Waals surface area contributed by atoms with Crippen molar-refractivity contribution in [1.82, 2.24) is 4.90 Å². The van der Waals surface area contributed by atoms with Crippen LogP contribution in [0.5, 0.6) is 5.75 Å². The highest BCUT2D eigenvalue weighted by molar-refractivity contribution is 6.30. The monoisotopic (exact) mass is 473 g/mol. The molecule has 0 N–H and O–H groups in total. The minimum absolute atomic E-state index is 0.399. The van der Waals surface area contributed by atoms with Gasteiger partial charge in [0, 0.05) is 60.7 Å². The van der Waals surface area contributed by atoms with Gasteiger partial charge >= 0.3 is 0 Å². The maximum Gasteiger partial charge on any atom is 0.143 e. The van der Waals surface area contributed by atoms with Gasteiger partial charge in [-0.2, -0.15) is 0 Å². The van der Waals surface area contributed by atoms with Crippen LogP contribution in [0, 0.1) is 0 Å². The first kappa shape index (κ1) is 21.8. The quantitative estimate of drug-likeness (QED) is 0.433. The fraction of sp³-hybridized carbons (Fsp3) is 0.379. The predicted octanol–water partition coefficient (Wildman–Crippen LogP) is 6.29. The van der Waals surface area contributed by atoms with Crippen molar-refractivity contribution in [2.45, 2.75) is 38.3 Å². The summed E-state index contributed by atoms with van der Waals surface area (Å²) in [6.45, 7) is 6.23. The van der Waals surface area contributed by atoms with Crippen LogP contribution in [0.1, 0.15) is 30.4 Å². The third kappa shape index (κ3) is 4.37. The van der Waals surface area contributed by atoms with Crippen LogP contribution < -0.4 is 14.5 Å². The summed E-state index contributed by atoms with van der Waals surface area (Å²) in [4.78, 5) is 7.63. The first-order valence-electron chi connectivity index (χ1n) is 12.6. The van der Waals surface area contributed by atoms with Gasteiger partial charge in [-0.1, -0.05) is 41.9 Å². The highest BCUT2D eigenvalue weighted by Crippen LogP contribution is 2.43. The third-order valence-electron chi connectivity index (χ3n) is 7.53. The second kappa shape index (κ2) is 9.52. The highest BCUT2D eigenvalue weighted by Gasteiger charge is 2.33. The van der Waals surface area contributed by atoms with Crippen molar-refractivity contribution in [1.29, 1.82) is 0 Å². The summed E-state index contributed by atoms with van der Waals surface area (Å²) < 4.78 is 6.19. The first-order chi connectivity index (χ1) is 16.7. The van der Waals surface area contributed by atoms with E-state index in [-0.39, 0.29) is 0 Å². The van der Waals surface area contributed by atoms with Gasteiger partial charge in [-0.05, 0) is 67.6 Å². The van der Waals surface area contributed by atoms with Gasteiger partial charge in [0.15, 0.2) is 0 Å². The summed E-state index contributed by atoms with van der Waals surface area (Å²) >= 11 is 6.45. The second-order valence-corrected chi connectivity index (χ2v) is 10.2. The Balaban J connectivity index is 1.19. The van der Waals surface area contributed by atoms with Crippen molar-refractivity contribution in [3.63, 3.8) is 0 Å². The summed E-state index contributed by atoms with van der Waals surface area (Å²) in [5, 5.41) is 0.774. The van der Waals surface area contributed by atoms with E-state index < -0.39 is 0 Å². The van der Waals surface area contributed by atoms with Gasteiger partial charge in [-0.3, -0.25) is 0 Å². The molecule has 3 aliphatic heterocycles. The zero-order valence-electron chi connectivity index (χ0n) is 19.6. The Bertz CT molecular complexity index is 1160. The summed E-state index contributed by atoms with van der Waals surface area (Å²) in [5.41, 5.74) is 6.36. The molecule has 0 amide bonds. The number of nitrogens with zero attached hydrogens (tertiary/aromatic N) is 3. The van der Waals surface area contributed by atoms with Crippen molar-refractivity contribution in [3.8, 4) is 5.75 Å². The zero-order valence-corrected chi connectivity index (χ0v) is 20.4. The Labute approximate surface area is 207 Å². The normalized spacial score (nSPS) is 20.1. The van der Waals surface area contributed by atoms with E-state index in [1.807, 2.05) is 6.07 Å². The fourth-order valence-electron chi connectivity index (χ4n) is 5.74. The van der Waals surface area contributed by atoms with Crippen LogP contribution in [0.4, 0.5) is 17.1 Å². The Morgan fingerprint density at radius 3 is 2.68 bits per heavy atom. The fourth-order valence-corrected chi connectivity index (χ4v) is 5.90. The van der Waals surface area contributed by atoms with Crippen molar-refractivity contribution < 1.29 is 4.74 Å².